The average molecular weight is 587 g/mol. The Balaban J connectivity index is 1.13. The maximum atomic E-state index is 13.2. The zero-order valence-electron chi connectivity index (χ0n) is 25.5. The molecule has 224 valence electrons. The van der Waals surface area contributed by atoms with Crippen molar-refractivity contribution >= 4 is 28.7 Å². The number of fused-ring (bicyclic) bond motifs is 2. The van der Waals surface area contributed by atoms with Crippen LogP contribution in [0.1, 0.15) is 29.2 Å². The first-order chi connectivity index (χ1) is 21.3. The van der Waals surface area contributed by atoms with Crippen LogP contribution >= 0.6 is 0 Å². The molecule has 0 bridgehead atoms. The normalized spacial score (nSPS) is 17.2. The maximum Gasteiger partial charge on any atom is 0.322 e. The largest absolute Gasteiger partial charge is 0.368 e. The number of amides is 2. The number of piperazine rings is 1. The Bertz CT molecular complexity index is 1820. The van der Waals surface area contributed by atoms with Crippen molar-refractivity contribution in [2.75, 3.05) is 37.7 Å². The summed E-state index contributed by atoms with van der Waals surface area (Å²) < 4.78 is 0. The highest BCUT2D eigenvalue weighted by Gasteiger charge is 2.24. The van der Waals surface area contributed by atoms with Crippen LogP contribution in [0.15, 0.2) is 72.8 Å². The number of benzene rings is 3. The molecule has 4 N–H and O–H groups in total. The van der Waals surface area contributed by atoms with Gasteiger partial charge in [-0.05, 0) is 60.8 Å². The van der Waals surface area contributed by atoms with Crippen LogP contribution in [0.25, 0.3) is 33.5 Å². The van der Waals surface area contributed by atoms with Gasteiger partial charge in [0.25, 0.3) is 0 Å². The molecule has 9 nitrogen and oxygen atoms in total. The number of nitrogens with zero attached hydrogens (tertiary/aromatic N) is 5. The van der Waals surface area contributed by atoms with Gasteiger partial charge in [-0.25, -0.2) is 9.78 Å². The summed E-state index contributed by atoms with van der Waals surface area (Å²) >= 11 is 0. The van der Waals surface area contributed by atoms with Crippen LogP contribution in [0, 0.1) is 6.92 Å². The number of carbonyl (C=O) groups is 1. The van der Waals surface area contributed by atoms with Gasteiger partial charge in [-0.3, -0.25) is 4.90 Å². The minimum atomic E-state index is -0.122. The predicted octanol–water partition coefficient (Wildman–Crippen LogP) is 5.87. The molecule has 1 saturated heterocycles. The van der Waals surface area contributed by atoms with E-state index in [4.69, 9.17) is 5.73 Å². The minimum Gasteiger partial charge on any atom is -0.368 e. The number of nitrogens with two attached hydrogens (primary N) is 1. The standard InChI is InChI=1S/C35H38N8O/c1-22-18-41(3)15-16-42(22)19-24-11-13-25(14-12-24)31-17-29-32(39-34(36)40-33(29)37-31)28-9-6-10-30(23(28)2)38-35(44)43-20-26-7-4-5-8-27(26)21-43/h4-14,17,22H,15-16,18-21H2,1-3H3,(H,38,44)(H3,36,37,39,40). The van der Waals surface area contributed by atoms with Gasteiger partial charge in [0.05, 0.1) is 5.69 Å². The summed E-state index contributed by atoms with van der Waals surface area (Å²) in [6.07, 6.45) is 0. The molecule has 0 aliphatic carbocycles. The van der Waals surface area contributed by atoms with Crippen molar-refractivity contribution < 1.29 is 4.79 Å². The van der Waals surface area contributed by atoms with Crippen LogP contribution in [0.2, 0.25) is 0 Å². The first-order valence-corrected chi connectivity index (χ1v) is 15.2. The van der Waals surface area contributed by atoms with E-state index >= 15 is 0 Å². The third kappa shape index (κ3) is 5.40. The SMILES string of the molecule is Cc1c(NC(=O)N2Cc3ccccc3C2)cccc1-c1nc(N)nc2[nH]c(-c3ccc(CN4CCN(C)CC4C)cc3)cc12. The Morgan fingerprint density at radius 1 is 1.00 bits per heavy atom. The minimum absolute atomic E-state index is 0.122. The van der Waals surface area contributed by atoms with Crippen molar-refractivity contribution in [2.45, 2.75) is 39.5 Å². The Kier molecular flexibility index (Phi) is 7.27. The Hall–Kier alpha value is -4.73. The van der Waals surface area contributed by atoms with Gasteiger partial charge in [-0.15, -0.1) is 0 Å². The molecule has 4 heterocycles. The molecule has 2 aliphatic rings. The molecular formula is C35H38N8O. The van der Waals surface area contributed by atoms with Gasteiger partial charge in [0, 0.05) is 67.6 Å². The number of hydrogen-bond donors (Lipinski definition) is 3. The van der Waals surface area contributed by atoms with E-state index in [1.165, 1.54) is 16.7 Å². The Morgan fingerprint density at radius 2 is 1.75 bits per heavy atom. The van der Waals surface area contributed by atoms with Crippen molar-refractivity contribution in [1.82, 2.24) is 29.7 Å². The van der Waals surface area contributed by atoms with Crippen molar-refractivity contribution in [3.05, 3.63) is 95.1 Å². The number of H-pyrrole nitrogens is 1. The van der Waals surface area contributed by atoms with Crippen molar-refractivity contribution in [3.63, 3.8) is 0 Å². The fraction of sp³-hybridized carbons (Fsp3) is 0.286. The van der Waals surface area contributed by atoms with E-state index in [0.29, 0.717) is 24.8 Å². The van der Waals surface area contributed by atoms with E-state index in [0.717, 1.165) is 65.3 Å². The highest BCUT2D eigenvalue weighted by Crippen LogP contribution is 2.35. The summed E-state index contributed by atoms with van der Waals surface area (Å²) in [7, 11) is 2.19. The quantitative estimate of drug-likeness (QED) is 0.238. The van der Waals surface area contributed by atoms with Crippen molar-refractivity contribution in [3.8, 4) is 22.5 Å². The van der Waals surface area contributed by atoms with Crippen LogP contribution in [-0.4, -0.2) is 68.4 Å². The smallest absolute Gasteiger partial charge is 0.322 e. The van der Waals surface area contributed by atoms with Crippen LogP contribution in [0.4, 0.5) is 16.4 Å². The molecule has 3 aromatic carbocycles. The molecule has 44 heavy (non-hydrogen) atoms. The van der Waals surface area contributed by atoms with E-state index in [-0.39, 0.29) is 12.0 Å². The van der Waals surface area contributed by atoms with Crippen molar-refractivity contribution in [2.24, 2.45) is 0 Å². The monoisotopic (exact) mass is 586 g/mol. The van der Waals surface area contributed by atoms with E-state index in [1.54, 1.807) is 0 Å². The number of nitrogens with one attached hydrogen (secondary N) is 2. The van der Waals surface area contributed by atoms with Gasteiger partial charge in [0.15, 0.2) is 0 Å². The second-order valence-corrected chi connectivity index (χ2v) is 12.2. The number of urea groups is 1. The molecule has 7 rings (SSSR count). The second-order valence-electron chi connectivity index (χ2n) is 12.2. The van der Waals surface area contributed by atoms with Gasteiger partial charge in [0.1, 0.15) is 5.65 Å². The van der Waals surface area contributed by atoms with Gasteiger partial charge in [-0.2, -0.15) is 4.98 Å². The number of rotatable bonds is 5. The van der Waals surface area contributed by atoms with E-state index < -0.39 is 0 Å². The molecule has 2 aromatic heterocycles. The third-order valence-corrected chi connectivity index (χ3v) is 9.08. The average Bonchev–Trinajstić information content (AvgIpc) is 3.64. The van der Waals surface area contributed by atoms with E-state index in [2.05, 4.69) is 86.5 Å². The first kappa shape index (κ1) is 28.1. The lowest BCUT2D eigenvalue weighted by Gasteiger charge is -2.38. The molecule has 9 heteroatoms. The third-order valence-electron chi connectivity index (χ3n) is 9.08. The molecule has 1 fully saturated rings. The molecule has 2 aliphatic heterocycles. The van der Waals surface area contributed by atoms with Gasteiger partial charge < -0.3 is 25.8 Å². The highest BCUT2D eigenvalue weighted by molar-refractivity contribution is 5.98. The summed E-state index contributed by atoms with van der Waals surface area (Å²) in [6.45, 7) is 9.75. The van der Waals surface area contributed by atoms with Crippen LogP contribution in [-0.2, 0) is 19.6 Å². The number of carbonyl (C=O) groups excluding carboxylic acids is 1. The van der Waals surface area contributed by atoms with Gasteiger partial charge in [-0.1, -0.05) is 60.7 Å². The number of nitrogen functional groups attached to an aromatic ring is 1. The zero-order valence-corrected chi connectivity index (χ0v) is 25.5. The predicted molar refractivity (Wildman–Crippen MR) is 176 cm³/mol. The molecule has 0 saturated carbocycles. The molecular weight excluding hydrogens is 548 g/mol. The molecule has 0 spiro atoms. The molecule has 0 radical (unpaired) electrons. The number of hydrogen-bond acceptors (Lipinski definition) is 6. The molecule has 5 aromatic rings. The molecule has 1 atom stereocenters. The van der Waals surface area contributed by atoms with Gasteiger partial charge in [0.2, 0.25) is 5.95 Å². The highest BCUT2D eigenvalue weighted by atomic mass is 16.2. The van der Waals surface area contributed by atoms with Crippen LogP contribution in [0.5, 0.6) is 0 Å². The number of anilines is 2. The summed E-state index contributed by atoms with van der Waals surface area (Å²) in [6, 6.07) is 25.3. The van der Waals surface area contributed by atoms with Gasteiger partial charge >= 0.3 is 6.03 Å². The Labute approximate surface area is 257 Å². The summed E-state index contributed by atoms with van der Waals surface area (Å²) in [5, 5.41) is 4.01. The maximum absolute atomic E-state index is 13.2. The lowest BCUT2D eigenvalue weighted by Crippen LogP contribution is -2.49. The molecule has 2 amide bonds. The number of aromatic nitrogens is 3. The zero-order chi connectivity index (χ0) is 30.4. The summed E-state index contributed by atoms with van der Waals surface area (Å²) in [5.41, 5.74) is 15.9. The Morgan fingerprint density at radius 3 is 2.48 bits per heavy atom. The lowest BCUT2D eigenvalue weighted by atomic mass is 10.0. The van der Waals surface area contributed by atoms with E-state index in [1.807, 2.05) is 42.2 Å². The fourth-order valence-corrected chi connectivity index (χ4v) is 6.52. The van der Waals surface area contributed by atoms with Crippen LogP contribution in [0.3, 0.4) is 0 Å². The fourth-order valence-electron chi connectivity index (χ4n) is 6.52. The number of likely N-dealkylation sites (N-methyl/N-ethyl adjacent to an activating group) is 1. The topological polar surface area (TPSA) is 106 Å². The van der Waals surface area contributed by atoms with Crippen molar-refractivity contribution in [1.29, 1.82) is 0 Å². The number of aromatic amines is 1. The second kappa shape index (κ2) is 11.4. The molecule has 1 unspecified atom stereocenters. The summed E-state index contributed by atoms with van der Waals surface area (Å²) in [4.78, 5) is 32.7. The first-order valence-electron chi connectivity index (χ1n) is 15.2. The van der Waals surface area contributed by atoms with E-state index in [9.17, 15) is 4.79 Å². The summed E-state index contributed by atoms with van der Waals surface area (Å²) in [5.74, 6) is 0.196. The lowest BCUT2D eigenvalue weighted by molar-refractivity contribution is 0.0938. The van der Waals surface area contributed by atoms with Crippen LogP contribution < -0.4 is 11.1 Å².